The molecule has 2 N–H and O–H groups in total. The molecule has 4 heteroatoms. The quantitative estimate of drug-likeness (QED) is 0.631. The second kappa shape index (κ2) is 3.19. The molecule has 1 rings (SSSR count). The SMILES string of the molecule is CC1(CCC(N)=O)OCCO1. The highest BCUT2D eigenvalue weighted by atomic mass is 16.7. The van der Waals surface area contributed by atoms with Gasteiger partial charge >= 0.3 is 0 Å². The summed E-state index contributed by atoms with van der Waals surface area (Å²) in [6, 6.07) is 0. The van der Waals surface area contributed by atoms with Gasteiger partial charge in [0.25, 0.3) is 0 Å². The lowest BCUT2D eigenvalue weighted by Crippen LogP contribution is -2.27. The Morgan fingerprint density at radius 2 is 2.09 bits per heavy atom. The van der Waals surface area contributed by atoms with Gasteiger partial charge in [-0.2, -0.15) is 0 Å². The summed E-state index contributed by atoms with van der Waals surface area (Å²) in [5.74, 6) is -0.889. The topological polar surface area (TPSA) is 61.6 Å². The van der Waals surface area contributed by atoms with Gasteiger partial charge in [0.15, 0.2) is 5.79 Å². The minimum absolute atomic E-state index is 0.315. The Balaban J connectivity index is 2.28. The van der Waals surface area contributed by atoms with E-state index in [0.29, 0.717) is 26.1 Å². The molecule has 1 amide bonds. The monoisotopic (exact) mass is 159 g/mol. The molecule has 0 aromatic rings. The van der Waals surface area contributed by atoms with Crippen molar-refractivity contribution in [3.63, 3.8) is 0 Å². The molecule has 1 aliphatic rings. The fraction of sp³-hybridized carbons (Fsp3) is 0.857. The van der Waals surface area contributed by atoms with Crippen LogP contribution in [0.3, 0.4) is 0 Å². The zero-order chi connectivity index (χ0) is 8.32. The van der Waals surface area contributed by atoms with Gasteiger partial charge in [-0.15, -0.1) is 0 Å². The smallest absolute Gasteiger partial charge is 0.217 e. The van der Waals surface area contributed by atoms with Crippen molar-refractivity contribution in [2.45, 2.75) is 25.6 Å². The van der Waals surface area contributed by atoms with Crippen LogP contribution in [0, 0.1) is 0 Å². The van der Waals surface area contributed by atoms with E-state index < -0.39 is 5.79 Å². The normalized spacial score (nSPS) is 21.9. The minimum atomic E-state index is -0.574. The number of hydrogen-bond donors (Lipinski definition) is 1. The molecule has 0 unspecified atom stereocenters. The number of hydrogen-bond acceptors (Lipinski definition) is 3. The summed E-state index contributed by atoms with van der Waals surface area (Å²) in [4.78, 5) is 10.4. The first-order chi connectivity index (χ1) is 5.12. The average Bonchev–Trinajstić information content (AvgIpc) is 2.33. The summed E-state index contributed by atoms with van der Waals surface area (Å²) in [6.07, 6.45) is 0.860. The Kier molecular flexibility index (Phi) is 2.46. The molecule has 0 radical (unpaired) electrons. The van der Waals surface area contributed by atoms with Crippen LogP contribution in [0.1, 0.15) is 19.8 Å². The Bertz CT molecular complexity index is 152. The molecule has 64 valence electrons. The van der Waals surface area contributed by atoms with Crippen molar-refractivity contribution in [2.75, 3.05) is 13.2 Å². The van der Waals surface area contributed by atoms with Crippen molar-refractivity contribution < 1.29 is 14.3 Å². The van der Waals surface area contributed by atoms with Gasteiger partial charge in [-0.1, -0.05) is 0 Å². The Morgan fingerprint density at radius 3 is 2.55 bits per heavy atom. The predicted octanol–water partition coefficient (Wildman–Crippen LogP) is 0.0149. The van der Waals surface area contributed by atoms with Crippen molar-refractivity contribution in [2.24, 2.45) is 5.73 Å². The molecule has 1 fully saturated rings. The molecule has 0 bridgehead atoms. The van der Waals surface area contributed by atoms with Crippen LogP contribution in [0.5, 0.6) is 0 Å². The number of carbonyl (C=O) groups excluding carboxylic acids is 1. The van der Waals surface area contributed by atoms with Gasteiger partial charge in [-0.05, 0) is 6.92 Å². The van der Waals surface area contributed by atoms with Gasteiger partial charge in [0.05, 0.1) is 13.2 Å². The zero-order valence-electron chi connectivity index (χ0n) is 6.63. The molecule has 0 aromatic heterocycles. The minimum Gasteiger partial charge on any atom is -0.370 e. The Morgan fingerprint density at radius 1 is 1.55 bits per heavy atom. The van der Waals surface area contributed by atoms with E-state index in [4.69, 9.17) is 15.2 Å². The molecule has 0 atom stereocenters. The predicted molar refractivity (Wildman–Crippen MR) is 38.7 cm³/mol. The second-order valence-corrected chi connectivity index (χ2v) is 2.80. The van der Waals surface area contributed by atoms with E-state index in [1.165, 1.54) is 0 Å². The van der Waals surface area contributed by atoms with Crippen LogP contribution >= 0.6 is 0 Å². The highest BCUT2D eigenvalue weighted by Gasteiger charge is 2.30. The molecular weight excluding hydrogens is 146 g/mol. The van der Waals surface area contributed by atoms with Crippen molar-refractivity contribution in [3.8, 4) is 0 Å². The van der Waals surface area contributed by atoms with Gasteiger partial charge in [0, 0.05) is 12.8 Å². The fourth-order valence-corrected chi connectivity index (χ4v) is 1.05. The van der Waals surface area contributed by atoms with E-state index >= 15 is 0 Å². The lowest BCUT2D eigenvalue weighted by Gasteiger charge is -2.20. The van der Waals surface area contributed by atoms with Crippen LogP contribution in [0.4, 0.5) is 0 Å². The Labute approximate surface area is 65.7 Å². The fourth-order valence-electron chi connectivity index (χ4n) is 1.05. The molecule has 4 nitrogen and oxygen atoms in total. The number of primary amides is 1. The first-order valence-corrected chi connectivity index (χ1v) is 3.69. The van der Waals surface area contributed by atoms with E-state index in [1.807, 2.05) is 6.92 Å². The highest BCUT2D eigenvalue weighted by molar-refractivity contribution is 5.73. The van der Waals surface area contributed by atoms with Gasteiger partial charge in [0.1, 0.15) is 0 Å². The van der Waals surface area contributed by atoms with Gasteiger partial charge in [-0.3, -0.25) is 4.79 Å². The van der Waals surface area contributed by atoms with E-state index in [0.717, 1.165) is 0 Å². The molecule has 1 aliphatic heterocycles. The second-order valence-electron chi connectivity index (χ2n) is 2.80. The molecule has 1 saturated heterocycles. The lowest BCUT2D eigenvalue weighted by atomic mass is 10.1. The van der Waals surface area contributed by atoms with Crippen molar-refractivity contribution in [1.82, 2.24) is 0 Å². The molecule has 0 aromatic carbocycles. The average molecular weight is 159 g/mol. The van der Waals surface area contributed by atoms with Crippen LogP contribution in [0.2, 0.25) is 0 Å². The number of ether oxygens (including phenoxy) is 2. The third kappa shape index (κ3) is 2.48. The summed E-state index contributed by atoms with van der Waals surface area (Å²) in [7, 11) is 0. The van der Waals surface area contributed by atoms with Crippen LogP contribution in [-0.2, 0) is 14.3 Å². The van der Waals surface area contributed by atoms with Crippen molar-refractivity contribution in [1.29, 1.82) is 0 Å². The summed E-state index contributed by atoms with van der Waals surface area (Å²) in [6.45, 7) is 3.04. The standard InChI is InChI=1S/C7H13NO3/c1-7(3-2-6(8)9)10-4-5-11-7/h2-5H2,1H3,(H2,8,9). The van der Waals surface area contributed by atoms with Gasteiger partial charge < -0.3 is 15.2 Å². The van der Waals surface area contributed by atoms with Gasteiger partial charge in [0.2, 0.25) is 5.91 Å². The van der Waals surface area contributed by atoms with Crippen molar-refractivity contribution >= 4 is 5.91 Å². The summed E-state index contributed by atoms with van der Waals surface area (Å²) in [5.41, 5.74) is 4.98. The number of nitrogens with two attached hydrogens (primary N) is 1. The molecular formula is C7H13NO3. The summed E-state index contributed by atoms with van der Waals surface area (Å²) < 4.78 is 10.5. The first-order valence-electron chi connectivity index (χ1n) is 3.69. The van der Waals surface area contributed by atoms with Gasteiger partial charge in [-0.25, -0.2) is 0 Å². The molecule has 11 heavy (non-hydrogen) atoms. The van der Waals surface area contributed by atoms with Crippen LogP contribution in [0.15, 0.2) is 0 Å². The third-order valence-corrected chi connectivity index (χ3v) is 1.72. The number of rotatable bonds is 3. The van der Waals surface area contributed by atoms with E-state index in [9.17, 15) is 4.79 Å². The molecule has 1 heterocycles. The summed E-state index contributed by atoms with van der Waals surface area (Å²) >= 11 is 0. The molecule has 0 spiro atoms. The molecule has 0 aliphatic carbocycles. The van der Waals surface area contributed by atoms with Crippen molar-refractivity contribution in [3.05, 3.63) is 0 Å². The van der Waals surface area contributed by atoms with Crippen LogP contribution in [0.25, 0.3) is 0 Å². The number of amides is 1. The lowest BCUT2D eigenvalue weighted by molar-refractivity contribution is -0.151. The zero-order valence-corrected chi connectivity index (χ0v) is 6.63. The maximum atomic E-state index is 10.4. The largest absolute Gasteiger partial charge is 0.370 e. The Hall–Kier alpha value is -0.610. The first kappa shape index (κ1) is 8.49. The molecule has 0 saturated carbocycles. The van der Waals surface area contributed by atoms with E-state index in [1.54, 1.807) is 0 Å². The van der Waals surface area contributed by atoms with E-state index in [2.05, 4.69) is 0 Å². The number of carbonyl (C=O) groups is 1. The van der Waals surface area contributed by atoms with E-state index in [-0.39, 0.29) is 5.91 Å². The van der Waals surface area contributed by atoms with Crippen LogP contribution in [-0.4, -0.2) is 24.9 Å². The highest BCUT2D eigenvalue weighted by Crippen LogP contribution is 2.23. The third-order valence-electron chi connectivity index (χ3n) is 1.72. The van der Waals surface area contributed by atoms with Crippen LogP contribution < -0.4 is 5.73 Å². The maximum absolute atomic E-state index is 10.4. The maximum Gasteiger partial charge on any atom is 0.217 e. The summed E-state index contributed by atoms with van der Waals surface area (Å²) in [5, 5.41) is 0.